The van der Waals surface area contributed by atoms with Gasteiger partial charge in [0.05, 0.1) is 0 Å². The molecule has 0 aromatic heterocycles. The fraction of sp³-hybridized carbons (Fsp3) is 0.200. The number of rotatable bonds is 4. The second-order valence-electron chi connectivity index (χ2n) is 8.13. The highest BCUT2D eigenvalue weighted by atomic mass is 16.2. The van der Waals surface area contributed by atoms with Crippen molar-refractivity contribution in [1.82, 2.24) is 0 Å². The van der Waals surface area contributed by atoms with Crippen molar-refractivity contribution in [3.8, 4) is 0 Å². The Morgan fingerprint density at radius 2 is 1.21 bits per heavy atom. The van der Waals surface area contributed by atoms with Crippen molar-refractivity contribution in [3.63, 3.8) is 0 Å². The Kier molecular flexibility index (Phi) is 5.83. The van der Waals surface area contributed by atoms with Gasteiger partial charge in [-0.1, -0.05) is 51.1 Å². The molecule has 0 heterocycles. The van der Waals surface area contributed by atoms with E-state index in [0.717, 1.165) is 5.56 Å². The van der Waals surface area contributed by atoms with Crippen molar-refractivity contribution >= 4 is 23.2 Å². The Labute approximate surface area is 172 Å². The predicted octanol–water partition coefficient (Wildman–Crippen LogP) is 5.80. The zero-order valence-corrected chi connectivity index (χ0v) is 17.2. The van der Waals surface area contributed by atoms with Crippen LogP contribution >= 0.6 is 0 Å². The Morgan fingerprint density at radius 1 is 0.690 bits per heavy atom. The monoisotopic (exact) mass is 386 g/mol. The number of nitrogens with one attached hydrogen (secondary N) is 2. The molecular formula is C25H26N2O2. The van der Waals surface area contributed by atoms with Gasteiger partial charge in [-0.05, 0) is 65.9 Å². The largest absolute Gasteiger partial charge is 0.322 e. The van der Waals surface area contributed by atoms with Gasteiger partial charge in [-0.2, -0.15) is 0 Å². The normalized spacial score (nSPS) is 11.0. The maximum Gasteiger partial charge on any atom is 0.255 e. The molecular weight excluding hydrogens is 360 g/mol. The Bertz CT molecular complexity index is 1010. The third kappa shape index (κ3) is 5.11. The van der Waals surface area contributed by atoms with Gasteiger partial charge in [0.15, 0.2) is 0 Å². The van der Waals surface area contributed by atoms with Gasteiger partial charge in [0, 0.05) is 22.5 Å². The molecule has 0 aliphatic heterocycles. The van der Waals surface area contributed by atoms with Crippen LogP contribution in [0.2, 0.25) is 0 Å². The molecule has 4 heteroatoms. The third-order valence-electron chi connectivity index (χ3n) is 4.80. The summed E-state index contributed by atoms with van der Waals surface area (Å²) in [6.07, 6.45) is 0. The molecule has 4 nitrogen and oxygen atoms in total. The van der Waals surface area contributed by atoms with Crippen LogP contribution < -0.4 is 10.6 Å². The molecule has 2 amide bonds. The summed E-state index contributed by atoms with van der Waals surface area (Å²) in [5, 5.41) is 5.77. The van der Waals surface area contributed by atoms with Gasteiger partial charge in [-0.25, -0.2) is 0 Å². The van der Waals surface area contributed by atoms with E-state index in [2.05, 4.69) is 31.4 Å². The lowest BCUT2D eigenvalue weighted by Crippen LogP contribution is -2.15. The minimum Gasteiger partial charge on any atom is -0.322 e. The molecule has 0 aliphatic carbocycles. The molecule has 0 atom stereocenters. The number of hydrogen-bond acceptors (Lipinski definition) is 2. The lowest BCUT2D eigenvalue weighted by Gasteiger charge is -2.19. The second-order valence-corrected chi connectivity index (χ2v) is 8.13. The van der Waals surface area contributed by atoms with Crippen LogP contribution in [0.3, 0.4) is 0 Å². The zero-order chi connectivity index (χ0) is 21.0. The van der Waals surface area contributed by atoms with Crippen molar-refractivity contribution in [1.29, 1.82) is 0 Å². The molecule has 0 fully saturated rings. The molecule has 3 aromatic carbocycles. The van der Waals surface area contributed by atoms with Gasteiger partial charge in [0.1, 0.15) is 0 Å². The van der Waals surface area contributed by atoms with Crippen molar-refractivity contribution in [2.24, 2.45) is 0 Å². The molecule has 29 heavy (non-hydrogen) atoms. The quantitative estimate of drug-likeness (QED) is 0.595. The maximum atomic E-state index is 12.5. The summed E-state index contributed by atoms with van der Waals surface area (Å²) in [5.74, 6) is -0.319. The van der Waals surface area contributed by atoms with E-state index < -0.39 is 0 Å². The van der Waals surface area contributed by atoms with Crippen LogP contribution in [0, 0.1) is 6.92 Å². The molecule has 0 aliphatic rings. The summed E-state index contributed by atoms with van der Waals surface area (Å²) in [5.41, 5.74) is 4.75. The minimum atomic E-state index is -0.165. The number of benzene rings is 3. The van der Waals surface area contributed by atoms with Gasteiger partial charge >= 0.3 is 0 Å². The third-order valence-corrected chi connectivity index (χ3v) is 4.80. The highest BCUT2D eigenvalue weighted by molar-refractivity contribution is 6.06. The number of hydrogen-bond donors (Lipinski definition) is 2. The molecule has 2 N–H and O–H groups in total. The number of aryl methyl sites for hydroxylation is 1. The summed E-state index contributed by atoms with van der Waals surface area (Å²) < 4.78 is 0. The van der Waals surface area contributed by atoms with Crippen molar-refractivity contribution in [2.45, 2.75) is 33.1 Å². The minimum absolute atomic E-state index is 0.0492. The van der Waals surface area contributed by atoms with Crippen molar-refractivity contribution in [3.05, 3.63) is 95.1 Å². The van der Waals surface area contributed by atoms with E-state index in [-0.39, 0.29) is 17.2 Å². The zero-order valence-electron chi connectivity index (χ0n) is 17.2. The van der Waals surface area contributed by atoms with Crippen LogP contribution in [0.15, 0.2) is 72.8 Å². The van der Waals surface area contributed by atoms with Gasteiger partial charge < -0.3 is 10.6 Å². The van der Waals surface area contributed by atoms with Gasteiger partial charge in [0.2, 0.25) is 0 Å². The molecule has 148 valence electrons. The molecule has 0 spiro atoms. The molecule has 0 saturated carbocycles. The van der Waals surface area contributed by atoms with Gasteiger partial charge in [-0.15, -0.1) is 0 Å². The molecule has 0 bridgehead atoms. The van der Waals surface area contributed by atoms with Crippen LogP contribution in [0.5, 0.6) is 0 Å². The molecule has 0 saturated heterocycles. The standard InChI is InChI=1S/C25H26N2O2/c1-17-7-5-6-8-22(17)24(29)27-21-15-13-20(14-16-21)26-23(28)18-9-11-19(12-10-18)25(2,3)4/h5-16H,1-4H3,(H,26,28)(H,27,29). The number of amides is 2. The first-order valence-electron chi connectivity index (χ1n) is 9.63. The summed E-state index contributed by atoms with van der Waals surface area (Å²) in [6, 6.07) is 22.2. The van der Waals surface area contributed by atoms with E-state index in [0.29, 0.717) is 22.5 Å². The van der Waals surface area contributed by atoms with Crippen LogP contribution in [0.1, 0.15) is 52.6 Å². The highest BCUT2D eigenvalue weighted by Gasteiger charge is 2.14. The summed E-state index contributed by atoms with van der Waals surface area (Å²) in [6.45, 7) is 8.33. The van der Waals surface area contributed by atoms with Crippen LogP contribution in [0.4, 0.5) is 11.4 Å². The molecule has 0 unspecified atom stereocenters. The van der Waals surface area contributed by atoms with E-state index in [1.807, 2.05) is 49.4 Å². The highest BCUT2D eigenvalue weighted by Crippen LogP contribution is 2.23. The van der Waals surface area contributed by atoms with Crippen molar-refractivity contribution < 1.29 is 9.59 Å². The van der Waals surface area contributed by atoms with Crippen LogP contribution in [0.25, 0.3) is 0 Å². The van der Waals surface area contributed by atoms with E-state index in [9.17, 15) is 9.59 Å². The lowest BCUT2D eigenvalue weighted by molar-refractivity contribution is 0.101. The summed E-state index contributed by atoms with van der Waals surface area (Å²) >= 11 is 0. The van der Waals surface area contributed by atoms with E-state index in [4.69, 9.17) is 0 Å². The summed E-state index contributed by atoms with van der Waals surface area (Å²) in [4.78, 5) is 24.9. The Balaban J connectivity index is 1.64. The van der Waals surface area contributed by atoms with Crippen LogP contribution in [-0.2, 0) is 5.41 Å². The fourth-order valence-corrected chi connectivity index (χ4v) is 2.99. The first-order chi connectivity index (χ1) is 13.7. The average Bonchev–Trinajstić information content (AvgIpc) is 2.69. The smallest absolute Gasteiger partial charge is 0.255 e. The number of carbonyl (C=O) groups is 2. The number of carbonyl (C=O) groups excluding carboxylic acids is 2. The first-order valence-corrected chi connectivity index (χ1v) is 9.63. The molecule has 3 aromatic rings. The van der Waals surface area contributed by atoms with Gasteiger partial charge in [-0.3, -0.25) is 9.59 Å². The van der Waals surface area contributed by atoms with Crippen molar-refractivity contribution in [2.75, 3.05) is 10.6 Å². The Hall–Kier alpha value is -3.40. The lowest BCUT2D eigenvalue weighted by atomic mass is 9.87. The SMILES string of the molecule is Cc1ccccc1C(=O)Nc1ccc(NC(=O)c2ccc(C(C)(C)C)cc2)cc1. The van der Waals surface area contributed by atoms with Crippen LogP contribution in [-0.4, -0.2) is 11.8 Å². The topological polar surface area (TPSA) is 58.2 Å². The second kappa shape index (κ2) is 8.31. The van der Waals surface area contributed by atoms with E-state index >= 15 is 0 Å². The Morgan fingerprint density at radius 3 is 1.72 bits per heavy atom. The average molecular weight is 386 g/mol. The molecule has 3 rings (SSSR count). The van der Waals surface area contributed by atoms with E-state index in [1.54, 1.807) is 30.3 Å². The maximum absolute atomic E-state index is 12.5. The van der Waals surface area contributed by atoms with E-state index in [1.165, 1.54) is 5.56 Å². The summed E-state index contributed by atoms with van der Waals surface area (Å²) in [7, 11) is 0. The fourth-order valence-electron chi connectivity index (χ4n) is 2.99. The molecule has 0 radical (unpaired) electrons. The first kappa shape index (κ1) is 20.3. The predicted molar refractivity (Wildman–Crippen MR) is 119 cm³/mol. The van der Waals surface area contributed by atoms with Gasteiger partial charge in [0.25, 0.3) is 11.8 Å². The number of anilines is 2.